The lowest BCUT2D eigenvalue weighted by atomic mass is 9.85. The maximum Gasteiger partial charge on any atom is 0.337 e. The topological polar surface area (TPSA) is 66.8 Å². The van der Waals surface area contributed by atoms with Crippen molar-refractivity contribution < 1.29 is 19.7 Å². The monoisotopic (exact) mass is 766 g/mol. The number of aromatic hydroxyl groups is 1. The molecule has 4 rings (SSSR count). The average molecular weight is 772 g/mol. The summed E-state index contributed by atoms with van der Waals surface area (Å²) in [6, 6.07) is 1.59. The lowest BCUT2D eigenvalue weighted by molar-refractivity contribution is 0.0696. The van der Waals surface area contributed by atoms with Gasteiger partial charge in [-0.1, -0.05) is 78.3 Å². The first-order chi connectivity index (χ1) is 15.0. The van der Waals surface area contributed by atoms with Gasteiger partial charge < -0.3 is 14.9 Å². The third-order valence-electron chi connectivity index (χ3n) is 4.74. The SMILES string of the molecule is O=C(O)c1c(Cl)c(Cl)c(Cl)c(Cl)c1C1=C2C=C(Br)CC(Br)=C2Oc2c1cc(Br)c(O)c2Br. The molecule has 32 heavy (non-hydrogen) atoms. The van der Waals surface area contributed by atoms with E-state index in [2.05, 4.69) is 63.7 Å². The Kier molecular flexibility index (Phi) is 7.10. The molecule has 1 aliphatic carbocycles. The van der Waals surface area contributed by atoms with Gasteiger partial charge in [-0.2, -0.15) is 0 Å². The molecule has 0 atom stereocenters. The molecule has 0 amide bonds. The van der Waals surface area contributed by atoms with Crippen LogP contribution in [-0.2, 0) is 0 Å². The molecule has 0 unspecified atom stereocenters. The number of hydrogen-bond donors (Lipinski definition) is 2. The summed E-state index contributed by atoms with van der Waals surface area (Å²) in [7, 11) is 0. The van der Waals surface area contributed by atoms with Crippen LogP contribution in [0.2, 0.25) is 20.1 Å². The number of benzene rings is 2. The second-order valence-corrected chi connectivity index (χ2v) is 11.7. The highest BCUT2D eigenvalue weighted by Gasteiger charge is 2.36. The van der Waals surface area contributed by atoms with Crippen LogP contribution in [0, 0.1) is 0 Å². The molecule has 2 aromatic rings. The standard InChI is InChI=1S/C20H6Br4Cl4O4/c21-4-1-5-9(10-11(20(30)31)14(26)16(28)15(27)13(10)25)6-3-7(22)17(29)12(24)19(6)32-18(5)8(23)2-4/h1,3,29H,2H2,(H,30,31). The van der Waals surface area contributed by atoms with Gasteiger partial charge in [0, 0.05) is 37.7 Å². The summed E-state index contributed by atoms with van der Waals surface area (Å²) in [6.07, 6.45) is 2.30. The van der Waals surface area contributed by atoms with Gasteiger partial charge in [0.05, 0.1) is 30.1 Å². The van der Waals surface area contributed by atoms with E-state index in [4.69, 9.17) is 51.1 Å². The van der Waals surface area contributed by atoms with E-state index in [1.165, 1.54) is 0 Å². The van der Waals surface area contributed by atoms with Crippen LogP contribution in [0.15, 0.2) is 41.4 Å². The first-order valence-corrected chi connectivity index (χ1v) is 13.1. The number of carboxylic acids is 1. The number of fused-ring (bicyclic) bond motifs is 2. The first kappa shape index (κ1) is 24.9. The first-order valence-electron chi connectivity index (χ1n) is 8.43. The number of aromatic carboxylic acids is 1. The van der Waals surface area contributed by atoms with Gasteiger partial charge in [0.1, 0.15) is 16.0 Å². The summed E-state index contributed by atoms with van der Waals surface area (Å²) < 4.78 is 8.25. The molecule has 1 heterocycles. The zero-order valence-corrected chi connectivity index (χ0v) is 24.5. The molecule has 0 fully saturated rings. The van der Waals surface area contributed by atoms with E-state index in [-0.39, 0.29) is 47.2 Å². The van der Waals surface area contributed by atoms with Crippen molar-refractivity contribution in [2.24, 2.45) is 0 Å². The number of phenols is 1. The molecule has 0 saturated heterocycles. The molecule has 2 aromatic carbocycles. The molecule has 0 aromatic heterocycles. The summed E-state index contributed by atoms with van der Waals surface area (Å²) in [5.74, 6) is -0.746. The van der Waals surface area contributed by atoms with E-state index >= 15 is 0 Å². The molecule has 12 heteroatoms. The van der Waals surface area contributed by atoms with Crippen molar-refractivity contribution in [3.8, 4) is 11.5 Å². The van der Waals surface area contributed by atoms with Crippen LogP contribution in [0.25, 0.3) is 5.57 Å². The van der Waals surface area contributed by atoms with Crippen LogP contribution < -0.4 is 4.74 Å². The van der Waals surface area contributed by atoms with Gasteiger partial charge in [-0.05, 0) is 44.0 Å². The van der Waals surface area contributed by atoms with Crippen LogP contribution in [-0.4, -0.2) is 16.2 Å². The van der Waals surface area contributed by atoms with Gasteiger partial charge in [-0.3, -0.25) is 0 Å². The van der Waals surface area contributed by atoms with Crippen LogP contribution in [0.1, 0.15) is 27.9 Å². The smallest absolute Gasteiger partial charge is 0.337 e. The molecule has 2 aliphatic rings. The summed E-state index contributed by atoms with van der Waals surface area (Å²) in [5.41, 5.74) is 1.12. The number of ether oxygens (including phenoxy) is 1. The molecule has 2 N–H and O–H groups in total. The van der Waals surface area contributed by atoms with Crippen molar-refractivity contribution in [3.05, 3.63) is 78.2 Å². The molecule has 0 spiro atoms. The number of halogens is 8. The van der Waals surface area contributed by atoms with Crippen molar-refractivity contribution in [2.75, 3.05) is 0 Å². The van der Waals surface area contributed by atoms with Gasteiger partial charge in [0.15, 0.2) is 5.75 Å². The largest absolute Gasteiger partial charge is 0.505 e. The van der Waals surface area contributed by atoms with Gasteiger partial charge in [0.2, 0.25) is 0 Å². The molecule has 0 radical (unpaired) electrons. The summed E-state index contributed by atoms with van der Waals surface area (Å²) in [4.78, 5) is 12.3. The fourth-order valence-electron chi connectivity index (χ4n) is 3.40. The minimum atomic E-state index is -1.34. The van der Waals surface area contributed by atoms with Gasteiger partial charge in [-0.15, -0.1) is 0 Å². The molecule has 1 aliphatic heterocycles. The molecule has 0 bridgehead atoms. The van der Waals surface area contributed by atoms with Crippen LogP contribution in [0.5, 0.6) is 11.5 Å². The lowest BCUT2D eigenvalue weighted by Gasteiger charge is -2.30. The summed E-state index contributed by atoms with van der Waals surface area (Å²) in [6.45, 7) is 0. The van der Waals surface area contributed by atoms with Crippen molar-refractivity contribution in [3.63, 3.8) is 0 Å². The van der Waals surface area contributed by atoms with Crippen LogP contribution in [0.3, 0.4) is 0 Å². The number of rotatable bonds is 2. The fraction of sp³-hybridized carbons (Fsp3) is 0.0500. The van der Waals surface area contributed by atoms with Gasteiger partial charge in [-0.25, -0.2) is 4.79 Å². The predicted octanol–water partition coefficient (Wildman–Crippen LogP) is 9.71. The third kappa shape index (κ3) is 3.88. The summed E-state index contributed by atoms with van der Waals surface area (Å²) >= 11 is 39.1. The Bertz CT molecular complexity index is 1350. The maximum absolute atomic E-state index is 12.3. The minimum Gasteiger partial charge on any atom is -0.505 e. The average Bonchev–Trinajstić information content (AvgIpc) is 2.72. The number of carboxylic acid groups (broad SMARTS) is 1. The Hall–Kier alpha value is -0.190. The van der Waals surface area contributed by atoms with E-state index in [9.17, 15) is 15.0 Å². The Morgan fingerprint density at radius 2 is 1.62 bits per heavy atom. The number of phenolic OH excluding ortho intramolecular Hbond substituents is 1. The minimum absolute atomic E-state index is 0.0684. The zero-order chi connectivity index (χ0) is 23.6. The highest BCUT2D eigenvalue weighted by Crippen LogP contribution is 2.56. The molecular formula is C20H6Br4Cl4O4. The predicted molar refractivity (Wildman–Crippen MR) is 141 cm³/mol. The second kappa shape index (κ2) is 9.11. The van der Waals surface area contributed by atoms with Crippen LogP contribution in [0.4, 0.5) is 0 Å². The Balaban J connectivity index is 2.28. The van der Waals surface area contributed by atoms with E-state index in [0.717, 1.165) is 4.48 Å². The van der Waals surface area contributed by atoms with E-state index in [0.29, 0.717) is 37.8 Å². The molecule has 0 saturated carbocycles. The lowest BCUT2D eigenvalue weighted by Crippen LogP contribution is -2.16. The normalized spacial score (nSPS) is 15.3. The van der Waals surface area contributed by atoms with Crippen molar-refractivity contribution in [1.29, 1.82) is 0 Å². The van der Waals surface area contributed by atoms with Crippen LogP contribution >= 0.6 is 110 Å². The Morgan fingerprint density at radius 3 is 2.25 bits per heavy atom. The Labute approximate surface area is 235 Å². The van der Waals surface area contributed by atoms with Gasteiger partial charge in [0.25, 0.3) is 0 Å². The Morgan fingerprint density at radius 1 is 1.00 bits per heavy atom. The number of carbonyl (C=O) groups is 1. The summed E-state index contributed by atoms with van der Waals surface area (Å²) in [5, 5.41) is 19.9. The van der Waals surface area contributed by atoms with E-state index < -0.39 is 5.97 Å². The van der Waals surface area contributed by atoms with Crippen molar-refractivity contribution >= 4 is 122 Å². The second-order valence-electron chi connectivity index (χ2n) is 6.60. The third-order valence-corrected chi connectivity index (χ3v) is 9.03. The van der Waals surface area contributed by atoms with E-state index in [1.54, 1.807) is 12.1 Å². The fourth-order valence-corrected chi connectivity index (χ4v) is 7.12. The number of hydrogen-bond acceptors (Lipinski definition) is 3. The highest BCUT2D eigenvalue weighted by atomic mass is 79.9. The maximum atomic E-state index is 12.3. The van der Waals surface area contributed by atoms with Gasteiger partial charge >= 0.3 is 5.97 Å². The molecule has 166 valence electrons. The molecular weight excluding hydrogens is 766 g/mol. The highest BCUT2D eigenvalue weighted by molar-refractivity contribution is 9.12. The van der Waals surface area contributed by atoms with Crippen molar-refractivity contribution in [1.82, 2.24) is 0 Å². The number of allylic oxidation sites excluding steroid dienone is 3. The molecule has 4 nitrogen and oxygen atoms in total. The van der Waals surface area contributed by atoms with Crippen molar-refractivity contribution in [2.45, 2.75) is 6.42 Å². The zero-order valence-electron chi connectivity index (χ0n) is 15.1. The quantitative estimate of drug-likeness (QED) is 0.236. The van der Waals surface area contributed by atoms with E-state index in [1.807, 2.05) is 0 Å².